The lowest BCUT2D eigenvalue weighted by atomic mass is 10.2. The van der Waals surface area contributed by atoms with Crippen LogP contribution in [0.3, 0.4) is 0 Å². The molecule has 1 aromatic heterocycles. The van der Waals surface area contributed by atoms with Crippen molar-refractivity contribution in [3.05, 3.63) is 75.8 Å². The molecule has 2 aromatic carbocycles. The van der Waals surface area contributed by atoms with Gasteiger partial charge in [-0.25, -0.2) is 9.48 Å². The molecule has 0 spiro atoms. The third-order valence-corrected chi connectivity index (χ3v) is 4.47. The minimum absolute atomic E-state index is 0.376. The minimum Gasteiger partial charge on any atom is -0.324 e. The number of amides is 1. The maximum absolute atomic E-state index is 12.5. The lowest BCUT2D eigenvalue weighted by molar-refractivity contribution is -0.119. The van der Waals surface area contributed by atoms with Crippen molar-refractivity contribution < 1.29 is 4.79 Å². The molecule has 26 heavy (non-hydrogen) atoms. The molecular formula is C19H17ClN4O2. The first-order chi connectivity index (χ1) is 12.5. The van der Waals surface area contributed by atoms with Gasteiger partial charge in [-0.05, 0) is 31.5 Å². The molecule has 0 saturated carbocycles. The van der Waals surface area contributed by atoms with Crippen LogP contribution in [0, 0.1) is 6.92 Å². The van der Waals surface area contributed by atoms with Crippen molar-refractivity contribution in [2.45, 2.75) is 19.9 Å². The van der Waals surface area contributed by atoms with Crippen molar-refractivity contribution in [3.8, 4) is 11.3 Å². The van der Waals surface area contributed by atoms with Crippen LogP contribution in [0.5, 0.6) is 0 Å². The first-order valence-electron chi connectivity index (χ1n) is 8.04. The van der Waals surface area contributed by atoms with Gasteiger partial charge in [0.1, 0.15) is 6.04 Å². The zero-order valence-electron chi connectivity index (χ0n) is 14.3. The summed E-state index contributed by atoms with van der Waals surface area (Å²) in [4.78, 5) is 28.9. The Bertz CT molecular complexity index is 1000. The van der Waals surface area contributed by atoms with E-state index in [2.05, 4.69) is 15.4 Å². The molecule has 132 valence electrons. The van der Waals surface area contributed by atoms with Crippen LogP contribution in [0.2, 0.25) is 5.02 Å². The molecular weight excluding hydrogens is 352 g/mol. The molecule has 0 fully saturated rings. The first-order valence-corrected chi connectivity index (χ1v) is 8.42. The fourth-order valence-corrected chi connectivity index (χ4v) is 2.63. The molecule has 3 rings (SSSR count). The summed E-state index contributed by atoms with van der Waals surface area (Å²) in [6, 6.07) is 13.7. The second kappa shape index (κ2) is 7.49. The van der Waals surface area contributed by atoms with Crippen LogP contribution in [0.4, 0.5) is 5.69 Å². The van der Waals surface area contributed by atoms with Gasteiger partial charge in [0.05, 0.1) is 11.9 Å². The highest BCUT2D eigenvalue weighted by atomic mass is 35.5. The summed E-state index contributed by atoms with van der Waals surface area (Å²) in [7, 11) is 0. The van der Waals surface area contributed by atoms with Gasteiger partial charge in [0.15, 0.2) is 0 Å². The van der Waals surface area contributed by atoms with E-state index in [1.165, 1.54) is 6.20 Å². The molecule has 0 aliphatic carbocycles. The lowest BCUT2D eigenvalue weighted by Crippen LogP contribution is -2.35. The predicted molar refractivity (Wildman–Crippen MR) is 101 cm³/mol. The van der Waals surface area contributed by atoms with Crippen molar-refractivity contribution in [1.29, 1.82) is 0 Å². The van der Waals surface area contributed by atoms with Gasteiger partial charge in [0.25, 0.3) is 0 Å². The molecule has 7 heteroatoms. The second-order valence-corrected chi connectivity index (χ2v) is 6.22. The zero-order valence-corrected chi connectivity index (χ0v) is 15.1. The SMILES string of the molecule is Cc1c(Cl)cccc1NC(=O)C(C)n1ncc(-c2ccccc2)nc1=O. The number of halogens is 1. The monoisotopic (exact) mass is 368 g/mol. The van der Waals surface area contributed by atoms with Crippen molar-refractivity contribution in [2.24, 2.45) is 0 Å². The molecule has 1 heterocycles. The number of hydrogen-bond donors (Lipinski definition) is 1. The summed E-state index contributed by atoms with van der Waals surface area (Å²) in [6.07, 6.45) is 1.48. The Labute approximate surface area is 155 Å². The van der Waals surface area contributed by atoms with Crippen LogP contribution in [0.15, 0.2) is 59.5 Å². The number of aromatic nitrogens is 3. The van der Waals surface area contributed by atoms with E-state index in [1.807, 2.05) is 37.3 Å². The Balaban J connectivity index is 1.83. The third-order valence-electron chi connectivity index (χ3n) is 4.06. The predicted octanol–water partition coefficient (Wildman–Crippen LogP) is 3.47. The smallest absolute Gasteiger partial charge is 0.324 e. The summed E-state index contributed by atoms with van der Waals surface area (Å²) in [5.74, 6) is -0.376. The van der Waals surface area contributed by atoms with Crippen LogP contribution in [0.1, 0.15) is 18.5 Å². The van der Waals surface area contributed by atoms with Crippen LogP contribution < -0.4 is 11.0 Å². The van der Waals surface area contributed by atoms with Gasteiger partial charge in [0, 0.05) is 16.3 Å². The van der Waals surface area contributed by atoms with Gasteiger partial charge in [-0.15, -0.1) is 0 Å². The number of carbonyl (C=O) groups is 1. The van der Waals surface area contributed by atoms with E-state index >= 15 is 0 Å². The zero-order chi connectivity index (χ0) is 18.7. The van der Waals surface area contributed by atoms with Gasteiger partial charge in [-0.3, -0.25) is 4.79 Å². The van der Waals surface area contributed by atoms with E-state index in [9.17, 15) is 9.59 Å². The maximum Gasteiger partial charge on any atom is 0.365 e. The molecule has 0 saturated heterocycles. The number of anilines is 1. The van der Waals surface area contributed by atoms with Crippen molar-refractivity contribution in [2.75, 3.05) is 5.32 Å². The quantitative estimate of drug-likeness (QED) is 0.765. The second-order valence-electron chi connectivity index (χ2n) is 5.81. The first kappa shape index (κ1) is 17.8. The Kier molecular flexibility index (Phi) is 5.14. The van der Waals surface area contributed by atoms with Gasteiger partial charge in [-0.2, -0.15) is 10.1 Å². The van der Waals surface area contributed by atoms with Crippen molar-refractivity contribution >= 4 is 23.2 Å². The largest absolute Gasteiger partial charge is 0.365 e. The number of nitrogens with zero attached hydrogens (tertiary/aromatic N) is 3. The molecule has 0 aliphatic rings. The number of rotatable bonds is 4. The molecule has 3 aromatic rings. The Morgan fingerprint density at radius 3 is 2.58 bits per heavy atom. The number of benzene rings is 2. The molecule has 0 aliphatic heterocycles. The van der Waals surface area contributed by atoms with Gasteiger partial charge in [-0.1, -0.05) is 48.0 Å². The minimum atomic E-state index is -0.821. The molecule has 6 nitrogen and oxygen atoms in total. The van der Waals surface area contributed by atoms with Crippen molar-refractivity contribution in [3.63, 3.8) is 0 Å². The van der Waals surface area contributed by atoms with Crippen LogP contribution in [-0.4, -0.2) is 20.7 Å². The highest BCUT2D eigenvalue weighted by molar-refractivity contribution is 6.31. The van der Waals surface area contributed by atoms with E-state index in [-0.39, 0.29) is 5.91 Å². The Hall–Kier alpha value is -2.99. The average Bonchev–Trinajstić information content (AvgIpc) is 2.65. The van der Waals surface area contributed by atoms with E-state index in [0.717, 1.165) is 15.8 Å². The van der Waals surface area contributed by atoms with Crippen LogP contribution in [-0.2, 0) is 4.79 Å². The highest BCUT2D eigenvalue weighted by Gasteiger charge is 2.19. The van der Waals surface area contributed by atoms with Gasteiger partial charge in [0.2, 0.25) is 5.91 Å². The van der Waals surface area contributed by atoms with Crippen LogP contribution >= 0.6 is 11.6 Å². The fraction of sp³-hybridized carbons (Fsp3) is 0.158. The summed E-state index contributed by atoms with van der Waals surface area (Å²) in [5.41, 5.74) is 2.02. The Morgan fingerprint density at radius 2 is 1.88 bits per heavy atom. The summed E-state index contributed by atoms with van der Waals surface area (Å²) in [6.45, 7) is 3.40. The average molecular weight is 369 g/mol. The summed E-state index contributed by atoms with van der Waals surface area (Å²) in [5, 5.41) is 7.44. The summed E-state index contributed by atoms with van der Waals surface area (Å²) >= 11 is 6.07. The molecule has 1 amide bonds. The van der Waals surface area contributed by atoms with Gasteiger partial charge < -0.3 is 5.32 Å². The third kappa shape index (κ3) is 3.65. The topological polar surface area (TPSA) is 76.9 Å². The molecule has 0 bridgehead atoms. The Morgan fingerprint density at radius 1 is 1.15 bits per heavy atom. The fourth-order valence-electron chi connectivity index (χ4n) is 2.45. The number of carbonyl (C=O) groups excluding carboxylic acids is 1. The standard InChI is InChI=1S/C19H17ClN4O2/c1-12-15(20)9-6-10-16(12)22-18(25)13(2)24-19(26)23-17(11-21-24)14-7-4-3-5-8-14/h3-11,13H,1-2H3,(H,22,25). The van der Waals surface area contributed by atoms with Crippen LogP contribution in [0.25, 0.3) is 11.3 Å². The highest BCUT2D eigenvalue weighted by Crippen LogP contribution is 2.23. The normalized spacial score (nSPS) is 11.8. The van der Waals surface area contributed by atoms with E-state index in [4.69, 9.17) is 11.6 Å². The molecule has 1 atom stereocenters. The molecule has 0 radical (unpaired) electrons. The van der Waals surface area contributed by atoms with E-state index < -0.39 is 11.7 Å². The summed E-state index contributed by atoms with van der Waals surface area (Å²) < 4.78 is 1.06. The van der Waals surface area contributed by atoms with E-state index in [0.29, 0.717) is 16.4 Å². The van der Waals surface area contributed by atoms with Gasteiger partial charge >= 0.3 is 5.69 Å². The van der Waals surface area contributed by atoms with E-state index in [1.54, 1.807) is 25.1 Å². The molecule has 1 unspecified atom stereocenters. The number of hydrogen-bond acceptors (Lipinski definition) is 4. The number of nitrogens with one attached hydrogen (secondary N) is 1. The van der Waals surface area contributed by atoms with Crippen molar-refractivity contribution in [1.82, 2.24) is 14.8 Å². The lowest BCUT2D eigenvalue weighted by Gasteiger charge is -2.15. The molecule has 1 N–H and O–H groups in total. The maximum atomic E-state index is 12.5.